The molecule has 0 spiro atoms. The van der Waals surface area contributed by atoms with E-state index in [1.165, 1.54) is 0 Å². The molecule has 1 N–H and O–H groups in total. The van der Waals surface area contributed by atoms with E-state index in [9.17, 15) is 0 Å². The summed E-state index contributed by atoms with van der Waals surface area (Å²) in [6, 6.07) is 21.6. The van der Waals surface area contributed by atoms with Crippen LogP contribution in [0.2, 0.25) is 0 Å². The van der Waals surface area contributed by atoms with Crippen molar-refractivity contribution in [2.24, 2.45) is 0 Å². The fourth-order valence-electron chi connectivity index (χ4n) is 2.13. The molecule has 2 aromatic carbocycles. The quantitative estimate of drug-likeness (QED) is 0.685. The molecule has 23 heavy (non-hydrogen) atoms. The first-order chi connectivity index (χ1) is 11.3. The Kier molecular flexibility index (Phi) is 5.06. The minimum atomic E-state index is 0.557. The highest BCUT2D eigenvalue weighted by molar-refractivity contribution is 7.80. The second-order valence-electron chi connectivity index (χ2n) is 5.06. The van der Waals surface area contributed by atoms with Gasteiger partial charge in [0.2, 0.25) is 0 Å². The van der Waals surface area contributed by atoms with Crippen molar-refractivity contribution < 1.29 is 9.15 Å². The van der Waals surface area contributed by atoms with Crippen LogP contribution in [0.1, 0.15) is 16.9 Å². The van der Waals surface area contributed by atoms with Crippen molar-refractivity contribution in [3.8, 4) is 5.75 Å². The van der Waals surface area contributed by atoms with Crippen LogP contribution in [0.25, 0.3) is 0 Å². The molecular weight excluding hydrogens is 306 g/mol. The van der Waals surface area contributed by atoms with Crippen LogP contribution < -0.4 is 10.1 Å². The molecule has 116 valence electrons. The molecule has 4 heteroatoms. The van der Waals surface area contributed by atoms with E-state index < -0.39 is 0 Å². The Morgan fingerprint density at radius 1 is 0.957 bits per heavy atom. The van der Waals surface area contributed by atoms with Crippen molar-refractivity contribution >= 4 is 17.2 Å². The zero-order valence-electron chi connectivity index (χ0n) is 12.6. The SMILES string of the molecule is S=C(NCc1ccco1)c1ccc(OCc2ccccc2)cc1. The largest absolute Gasteiger partial charge is 0.489 e. The monoisotopic (exact) mass is 323 g/mol. The second kappa shape index (κ2) is 7.61. The van der Waals surface area contributed by atoms with Crippen molar-refractivity contribution in [1.29, 1.82) is 0 Å². The lowest BCUT2D eigenvalue weighted by Gasteiger charge is -2.09. The highest BCUT2D eigenvalue weighted by Crippen LogP contribution is 2.14. The molecule has 1 heterocycles. The van der Waals surface area contributed by atoms with Crippen molar-refractivity contribution in [2.75, 3.05) is 0 Å². The van der Waals surface area contributed by atoms with Crippen LogP contribution in [0.5, 0.6) is 5.75 Å². The summed E-state index contributed by atoms with van der Waals surface area (Å²) in [5, 5.41) is 3.18. The Bertz CT molecular complexity index is 737. The molecule has 0 aliphatic rings. The summed E-state index contributed by atoms with van der Waals surface area (Å²) in [7, 11) is 0. The third-order valence-electron chi connectivity index (χ3n) is 3.37. The molecule has 3 nitrogen and oxygen atoms in total. The summed E-state index contributed by atoms with van der Waals surface area (Å²) < 4.78 is 11.0. The van der Waals surface area contributed by atoms with Gasteiger partial charge in [-0.1, -0.05) is 42.5 Å². The van der Waals surface area contributed by atoms with Gasteiger partial charge in [-0.2, -0.15) is 0 Å². The third kappa shape index (κ3) is 4.44. The summed E-state index contributed by atoms with van der Waals surface area (Å²) in [5.74, 6) is 1.68. The van der Waals surface area contributed by atoms with Gasteiger partial charge in [0.25, 0.3) is 0 Å². The van der Waals surface area contributed by atoms with Gasteiger partial charge in [0.1, 0.15) is 23.1 Å². The summed E-state index contributed by atoms with van der Waals surface area (Å²) in [4.78, 5) is 0.691. The lowest BCUT2D eigenvalue weighted by Crippen LogP contribution is -2.21. The maximum atomic E-state index is 5.77. The number of benzene rings is 2. The smallest absolute Gasteiger partial charge is 0.122 e. The maximum absolute atomic E-state index is 5.77. The highest BCUT2D eigenvalue weighted by Gasteiger charge is 2.03. The van der Waals surface area contributed by atoms with Gasteiger partial charge in [0.05, 0.1) is 12.8 Å². The molecule has 0 radical (unpaired) electrons. The Hall–Kier alpha value is -2.59. The Balaban J connectivity index is 1.53. The molecule has 0 atom stereocenters. The van der Waals surface area contributed by atoms with E-state index in [1.807, 2.05) is 66.7 Å². The number of ether oxygens (including phenoxy) is 1. The summed E-state index contributed by atoms with van der Waals surface area (Å²) in [6.07, 6.45) is 1.65. The van der Waals surface area contributed by atoms with Gasteiger partial charge in [-0.25, -0.2) is 0 Å². The number of hydrogen-bond donors (Lipinski definition) is 1. The third-order valence-corrected chi connectivity index (χ3v) is 3.75. The van der Waals surface area contributed by atoms with Crippen LogP contribution >= 0.6 is 12.2 Å². The zero-order chi connectivity index (χ0) is 15.9. The number of rotatable bonds is 6. The van der Waals surface area contributed by atoms with E-state index in [2.05, 4.69) is 5.32 Å². The van der Waals surface area contributed by atoms with E-state index in [1.54, 1.807) is 6.26 Å². The first-order valence-corrected chi connectivity index (χ1v) is 7.79. The van der Waals surface area contributed by atoms with Crippen LogP contribution in [0.4, 0.5) is 0 Å². The molecule has 0 saturated heterocycles. The minimum Gasteiger partial charge on any atom is -0.489 e. The second-order valence-corrected chi connectivity index (χ2v) is 5.47. The standard InChI is InChI=1S/C19H17NO2S/c23-19(20-13-18-7-4-12-21-18)16-8-10-17(11-9-16)22-14-15-5-2-1-3-6-15/h1-12H,13-14H2,(H,20,23). The molecule has 0 aliphatic carbocycles. The van der Waals surface area contributed by atoms with Crippen molar-refractivity contribution in [2.45, 2.75) is 13.2 Å². The van der Waals surface area contributed by atoms with Gasteiger partial charge < -0.3 is 14.5 Å². The fourth-order valence-corrected chi connectivity index (χ4v) is 2.33. The first-order valence-electron chi connectivity index (χ1n) is 7.38. The number of nitrogens with one attached hydrogen (secondary N) is 1. The minimum absolute atomic E-state index is 0.557. The van der Waals surface area contributed by atoms with Crippen molar-refractivity contribution in [3.05, 3.63) is 89.9 Å². The average molecular weight is 323 g/mol. The van der Waals surface area contributed by atoms with Gasteiger partial charge in [0.15, 0.2) is 0 Å². The van der Waals surface area contributed by atoms with Crippen LogP contribution in [-0.4, -0.2) is 4.99 Å². The van der Waals surface area contributed by atoms with Gasteiger partial charge in [-0.3, -0.25) is 0 Å². The van der Waals surface area contributed by atoms with E-state index in [0.717, 1.165) is 22.6 Å². The van der Waals surface area contributed by atoms with E-state index in [-0.39, 0.29) is 0 Å². The molecule has 0 amide bonds. The van der Waals surface area contributed by atoms with Crippen LogP contribution in [0, 0.1) is 0 Å². The van der Waals surface area contributed by atoms with E-state index in [0.29, 0.717) is 18.1 Å². The molecule has 0 bridgehead atoms. The van der Waals surface area contributed by atoms with Crippen LogP contribution in [-0.2, 0) is 13.2 Å². The molecule has 0 unspecified atom stereocenters. The zero-order valence-corrected chi connectivity index (χ0v) is 13.4. The molecular formula is C19H17NO2S. The topological polar surface area (TPSA) is 34.4 Å². The fraction of sp³-hybridized carbons (Fsp3) is 0.105. The molecule has 0 aliphatic heterocycles. The summed E-state index contributed by atoms with van der Waals surface area (Å²) in [6.45, 7) is 1.14. The Labute approximate surface area is 140 Å². The van der Waals surface area contributed by atoms with E-state index >= 15 is 0 Å². The summed E-state index contributed by atoms with van der Waals surface area (Å²) in [5.41, 5.74) is 2.10. The predicted molar refractivity (Wildman–Crippen MR) is 94.5 cm³/mol. The maximum Gasteiger partial charge on any atom is 0.122 e. The highest BCUT2D eigenvalue weighted by atomic mass is 32.1. The molecule has 0 saturated carbocycles. The lowest BCUT2D eigenvalue weighted by molar-refractivity contribution is 0.306. The molecule has 0 fully saturated rings. The normalized spacial score (nSPS) is 10.3. The van der Waals surface area contributed by atoms with Gasteiger partial charge >= 0.3 is 0 Å². The van der Waals surface area contributed by atoms with Crippen molar-refractivity contribution in [1.82, 2.24) is 5.32 Å². The average Bonchev–Trinajstić information content (AvgIpc) is 3.13. The molecule has 3 aromatic rings. The van der Waals surface area contributed by atoms with Gasteiger partial charge in [-0.05, 0) is 42.0 Å². The number of thiocarbonyl (C=S) groups is 1. The van der Waals surface area contributed by atoms with Crippen LogP contribution in [0.15, 0.2) is 77.4 Å². The summed E-state index contributed by atoms with van der Waals surface area (Å²) >= 11 is 5.38. The van der Waals surface area contributed by atoms with Crippen molar-refractivity contribution in [3.63, 3.8) is 0 Å². The van der Waals surface area contributed by atoms with Gasteiger partial charge in [0, 0.05) is 5.56 Å². The van der Waals surface area contributed by atoms with E-state index in [4.69, 9.17) is 21.4 Å². The number of furan rings is 1. The Morgan fingerprint density at radius 2 is 1.74 bits per heavy atom. The lowest BCUT2D eigenvalue weighted by atomic mass is 10.2. The Morgan fingerprint density at radius 3 is 2.43 bits per heavy atom. The molecule has 1 aromatic heterocycles. The first kappa shape index (κ1) is 15.3. The van der Waals surface area contributed by atoms with Crippen LogP contribution in [0.3, 0.4) is 0 Å². The number of hydrogen-bond acceptors (Lipinski definition) is 3. The predicted octanol–water partition coefficient (Wildman–Crippen LogP) is 4.32. The van der Waals surface area contributed by atoms with Gasteiger partial charge in [-0.15, -0.1) is 0 Å². The molecule has 3 rings (SSSR count).